The van der Waals surface area contributed by atoms with Crippen molar-refractivity contribution < 1.29 is 29.4 Å². The molecule has 0 bridgehead atoms. The van der Waals surface area contributed by atoms with E-state index in [1.807, 2.05) is 60.7 Å². The highest BCUT2D eigenvalue weighted by Crippen LogP contribution is 2.49. The lowest BCUT2D eigenvalue weighted by Gasteiger charge is -2.38. The molecule has 4 aliphatic rings. The number of hydrogen-bond acceptors (Lipinski definition) is 7. The SMILES string of the molecule is [2H]C([2H])(Oc1nc(N2CCCC[C@H]3[C@@H](F)[C@H]32)c2cnc(-c3cc(N=C(c4ccccc4)c4ccccc4)cc4cc(F)c(F)c(C#C[Si](C(C)C)(C(C)C)C(C)C)c34)c(F)c2n1)[C@@]12CCCN1C[C@H](F)C2. The van der Waals surface area contributed by atoms with E-state index in [-0.39, 0.29) is 79.8 Å². The van der Waals surface area contributed by atoms with Gasteiger partial charge < -0.3 is 9.64 Å². The van der Waals surface area contributed by atoms with Crippen LogP contribution in [0.5, 0.6) is 6.01 Å². The Bertz CT molecular complexity index is 3050. The molecule has 7 nitrogen and oxygen atoms in total. The highest BCUT2D eigenvalue weighted by molar-refractivity contribution is 6.90. The molecule has 3 aliphatic heterocycles. The number of hydrogen-bond donors (Lipinski definition) is 0. The van der Waals surface area contributed by atoms with Gasteiger partial charge in [-0.15, -0.1) is 5.54 Å². The number of aliphatic imine (C=N–C) groups is 1. The van der Waals surface area contributed by atoms with Crippen LogP contribution in [-0.2, 0) is 0 Å². The van der Waals surface area contributed by atoms with E-state index in [0.29, 0.717) is 50.2 Å². The van der Waals surface area contributed by atoms with Gasteiger partial charge in [-0.05, 0) is 72.4 Å². The normalized spacial score (nSPS) is 23.1. The molecule has 13 heteroatoms. The molecular formula is C56H59F5N6OSi. The van der Waals surface area contributed by atoms with Crippen molar-refractivity contribution in [2.24, 2.45) is 10.9 Å². The largest absolute Gasteiger partial charge is 0.461 e. The van der Waals surface area contributed by atoms with Gasteiger partial charge in [-0.25, -0.2) is 26.9 Å². The first kappa shape index (κ1) is 44.5. The van der Waals surface area contributed by atoms with Crippen LogP contribution in [0.4, 0.5) is 33.5 Å². The molecule has 69 heavy (non-hydrogen) atoms. The molecule has 4 aromatic carbocycles. The zero-order valence-corrected chi connectivity index (χ0v) is 41.0. The number of alkyl halides is 2. The van der Waals surface area contributed by atoms with Gasteiger partial charge in [-0.3, -0.25) is 9.88 Å². The number of fused-ring (bicyclic) bond motifs is 4. The van der Waals surface area contributed by atoms with E-state index >= 15 is 22.0 Å². The van der Waals surface area contributed by atoms with E-state index in [1.54, 1.807) is 21.9 Å². The maximum Gasteiger partial charge on any atom is 0.319 e. The van der Waals surface area contributed by atoms with Gasteiger partial charge in [0.15, 0.2) is 17.5 Å². The number of anilines is 1. The standard InChI is InChI=1S/C56H59F5N6OSi/c1-33(2)69(34(3)4,35(5)6)25-21-41-46-38(27-45(58)47(41)59)26-40(63-50(36-16-9-7-10-17-36)37-18-11-8-12-19-37)28-43(46)51-49(61)52-44(30-62-51)54(67-24-14-13-20-42-48(60)53(42)67)65-55(64-52)68-32-56-22-15-23-66(56)31-39(57)29-56/h7-12,16-19,26-28,30,33-35,39,42,48,53H,13-15,20,22-24,29,31-32H2,1-6H3/t39-,42+,48-,53+,56+/m1/s1/i32D2. The summed E-state index contributed by atoms with van der Waals surface area (Å²) in [5, 5.41) is 0.468. The quantitative estimate of drug-likeness (QED) is 0.0558. The minimum atomic E-state index is -2.55. The van der Waals surface area contributed by atoms with Crippen LogP contribution in [0.15, 0.2) is 90.1 Å². The topological polar surface area (TPSA) is 66.7 Å². The first-order valence-corrected chi connectivity index (χ1v) is 26.7. The van der Waals surface area contributed by atoms with Crippen molar-refractivity contribution in [1.29, 1.82) is 0 Å². The molecule has 6 aromatic rings. The Morgan fingerprint density at radius 2 is 1.58 bits per heavy atom. The van der Waals surface area contributed by atoms with Crippen LogP contribution in [0.3, 0.4) is 0 Å². The summed E-state index contributed by atoms with van der Waals surface area (Å²) in [6.45, 7) is 11.2. The molecule has 2 aromatic heterocycles. The second-order valence-electron chi connectivity index (χ2n) is 20.4. The van der Waals surface area contributed by atoms with Gasteiger partial charge in [0.2, 0.25) is 0 Å². The van der Waals surface area contributed by atoms with E-state index < -0.39 is 62.0 Å². The number of nitrogens with zero attached hydrogens (tertiary/aromatic N) is 6. The Hall–Kier alpha value is -5.71. The van der Waals surface area contributed by atoms with E-state index in [0.717, 1.165) is 23.6 Å². The van der Waals surface area contributed by atoms with Crippen LogP contribution in [0, 0.1) is 34.8 Å². The molecule has 0 spiro atoms. The second kappa shape index (κ2) is 18.6. The smallest absolute Gasteiger partial charge is 0.319 e. The summed E-state index contributed by atoms with van der Waals surface area (Å²) in [5.41, 5.74) is 4.41. The lowest BCUT2D eigenvalue weighted by molar-refractivity contribution is 0.107. The first-order valence-electron chi connectivity index (χ1n) is 25.5. The first-order chi connectivity index (χ1) is 34.0. The third-order valence-corrected chi connectivity index (χ3v) is 21.7. The van der Waals surface area contributed by atoms with Crippen LogP contribution >= 0.6 is 0 Å². The van der Waals surface area contributed by atoms with Crippen molar-refractivity contribution in [2.45, 2.75) is 121 Å². The molecule has 1 aliphatic carbocycles. The van der Waals surface area contributed by atoms with Crippen LogP contribution in [0.1, 0.15) is 99.5 Å². The molecular weight excluding hydrogens is 896 g/mol. The average Bonchev–Trinajstić information content (AvgIpc) is 3.70. The Labute approximate surface area is 405 Å². The molecule has 3 saturated heterocycles. The van der Waals surface area contributed by atoms with Gasteiger partial charge >= 0.3 is 6.01 Å². The number of rotatable bonds is 11. The summed E-state index contributed by atoms with van der Waals surface area (Å²) >= 11 is 0. The minimum Gasteiger partial charge on any atom is -0.461 e. The lowest BCUT2D eigenvalue weighted by atomic mass is 9.94. The van der Waals surface area contributed by atoms with E-state index in [9.17, 15) is 2.74 Å². The number of ether oxygens (including phenoxy) is 1. The zero-order chi connectivity index (χ0) is 50.1. The number of aromatic nitrogens is 3. The fourth-order valence-electron chi connectivity index (χ4n) is 12.0. The Morgan fingerprint density at radius 3 is 2.26 bits per heavy atom. The van der Waals surface area contributed by atoms with Crippen LogP contribution in [0.2, 0.25) is 16.6 Å². The van der Waals surface area contributed by atoms with Gasteiger partial charge in [0.05, 0.1) is 36.7 Å². The molecule has 358 valence electrons. The van der Waals surface area contributed by atoms with Crippen molar-refractivity contribution in [3.63, 3.8) is 0 Å². The van der Waals surface area contributed by atoms with Gasteiger partial charge in [0.25, 0.3) is 0 Å². The molecule has 5 heterocycles. The Kier molecular flexibility index (Phi) is 12.0. The summed E-state index contributed by atoms with van der Waals surface area (Å²) in [5.74, 6) is -0.237. The minimum absolute atomic E-state index is 0.0623. The lowest BCUT2D eigenvalue weighted by Crippen LogP contribution is -2.43. The van der Waals surface area contributed by atoms with Crippen molar-refractivity contribution in [1.82, 2.24) is 19.9 Å². The van der Waals surface area contributed by atoms with Gasteiger partial charge in [0.1, 0.15) is 44.0 Å². The molecule has 5 atom stereocenters. The third kappa shape index (κ3) is 8.39. The fourth-order valence-corrected chi connectivity index (χ4v) is 17.2. The highest BCUT2D eigenvalue weighted by atomic mass is 28.3. The van der Waals surface area contributed by atoms with Crippen molar-refractivity contribution >= 4 is 47.0 Å². The van der Waals surface area contributed by atoms with Gasteiger partial charge in [-0.1, -0.05) is 115 Å². The van der Waals surface area contributed by atoms with Crippen molar-refractivity contribution in [3.8, 4) is 28.7 Å². The third-order valence-electron chi connectivity index (χ3n) is 15.4. The fraction of sp³-hybridized carbons (Fsp3) is 0.429. The molecule has 10 rings (SSSR count). The predicted octanol–water partition coefficient (Wildman–Crippen LogP) is 13.3. The van der Waals surface area contributed by atoms with Crippen molar-refractivity contribution in [2.75, 3.05) is 31.1 Å². The van der Waals surface area contributed by atoms with E-state index in [2.05, 4.69) is 58.0 Å². The summed E-state index contributed by atoms with van der Waals surface area (Å²) in [7, 11) is -2.55. The molecule has 0 unspecified atom stereocenters. The monoisotopic (exact) mass is 956 g/mol. The average molecular weight is 957 g/mol. The maximum absolute atomic E-state index is 18.3. The summed E-state index contributed by atoms with van der Waals surface area (Å²) in [6.07, 6.45) is 2.04. The van der Waals surface area contributed by atoms with Crippen LogP contribution < -0.4 is 9.64 Å². The molecule has 0 N–H and O–H groups in total. The van der Waals surface area contributed by atoms with Gasteiger partial charge in [0, 0.05) is 53.7 Å². The van der Waals surface area contributed by atoms with E-state index in [1.165, 1.54) is 6.20 Å². The van der Waals surface area contributed by atoms with Crippen LogP contribution in [-0.4, -0.2) is 83.8 Å². The maximum atomic E-state index is 18.3. The predicted molar refractivity (Wildman–Crippen MR) is 268 cm³/mol. The second-order valence-corrected chi connectivity index (χ2v) is 25.9. The molecule has 4 fully saturated rings. The number of halogens is 5. The Balaban J connectivity index is 1.24. The zero-order valence-electron chi connectivity index (χ0n) is 42.0. The van der Waals surface area contributed by atoms with Crippen LogP contribution in [0.25, 0.3) is 32.9 Å². The van der Waals surface area contributed by atoms with Crippen molar-refractivity contribution in [3.05, 3.63) is 119 Å². The number of benzene rings is 4. The van der Waals surface area contributed by atoms with Gasteiger partial charge in [-0.2, -0.15) is 9.97 Å². The molecule has 0 radical (unpaired) electrons. The molecule has 1 saturated carbocycles. The molecule has 0 amide bonds. The summed E-state index contributed by atoms with van der Waals surface area (Å²) in [6, 6.07) is 22.3. The number of pyridine rings is 1. The highest BCUT2D eigenvalue weighted by Gasteiger charge is 2.56. The summed E-state index contributed by atoms with van der Waals surface area (Å²) < 4.78 is 107. The van der Waals surface area contributed by atoms with E-state index in [4.69, 9.17) is 19.7 Å². The summed E-state index contributed by atoms with van der Waals surface area (Å²) in [4.78, 5) is 22.8. The Morgan fingerprint density at radius 1 is 0.884 bits per heavy atom.